The molecule has 1 aromatic rings. The molecule has 0 radical (unpaired) electrons. The lowest BCUT2D eigenvalue weighted by Gasteiger charge is -2.32. The third-order valence-corrected chi connectivity index (χ3v) is 4.00. The molecular formula is C14H21ClN2O4. The number of carbonyl (C=O) groups excluding carboxylic acids is 1. The molecule has 0 bridgehead atoms. The van der Waals surface area contributed by atoms with Crippen LogP contribution in [0.15, 0.2) is 4.52 Å². The number of aromatic nitrogens is 1. The van der Waals surface area contributed by atoms with E-state index in [0.717, 1.165) is 12.8 Å². The lowest BCUT2D eigenvalue weighted by Crippen LogP contribution is -2.41. The molecule has 118 valence electrons. The number of ether oxygens (including phenoxy) is 2. The second-order valence-corrected chi connectivity index (χ2v) is 5.48. The average molecular weight is 317 g/mol. The summed E-state index contributed by atoms with van der Waals surface area (Å²) < 4.78 is 15.5. The molecule has 1 amide bonds. The zero-order valence-corrected chi connectivity index (χ0v) is 13.2. The minimum Gasteiger partial charge on any atom is -0.382 e. The summed E-state index contributed by atoms with van der Waals surface area (Å²) in [6, 6.07) is 0. The summed E-state index contributed by atoms with van der Waals surface area (Å²) in [5, 5.41) is 3.97. The molecule has 7 heteroatoms. The fourth-order valence-corrected chi connectivity index (χ4v) is 2.63. The van der Waals surface area contributed by atoms with Crippen molar-refractivity contribution in [2.75, 3.05) is 33.4 Å². The van der Waals surface area contributed by atoms with Gasteiger partial charge >= 0.3 is 0 Å². The molecule has 1 saturated heterocycles. The van der Waals surface area contributed by atoms with Gasteiger partial charge in [-0.25, -0.2) is 0 Å². The molecule has 0 saturated carbocycles. The van der Waals surface area contributed by atoms with Crippen molar-refractivity contribution in [2.24, 2.45) is 0 Å². The van der Waals surface area contributed by atoms with Gasteiger partial charge in [0.05, 0.1) is 31.4 Å². The fraction of sp³-hybridized carbons (Fsp3) is 0.714. The number of hydrogen-bond donors (Lipinski definition) is 0. The van der Waals surface area contributed by atoms with Crippen molar-refractivity contribution in [2.45, 2.75) is 32.3 Å². The molecule has 0 aromatic carbocycles. The first-order chi connectivity index (χ1) is 10.1. The molecule has 1 aliphatic heterocycles. The van der Waals surface area contributed by atoms with Gasteiger partial charge in [-0.1, -0.05) is 5.16 Å². The van der Waals surface area contributed by atoms with Gasteiger partial charge in [-0.15, -0.1) is 0 Å². The Balaban J connectivity index is 1.78. The standard InChI is InChI=1S/C14H21ClN2O4/c1-10-12(14(15)21-16-10)9-13(18)17-5-3-11(4-6-17)20-8-7-19-2/h11H,3-9H2,1-2H3. The number of amides is 1. The van der Waals surface area contributed by atoms with Gasteiger partial charge in [0.25, 0.3) is 0 Å². The second-order valence-electron chi connectivity index (χ2n) is 5.14. The van der Waals surface area contributed by atoms with E-state index in [2.05, 4.69) is 5.16 Å². The van der Waals surface area contributed by atoms with E-state index in [4.69, 9.17) is 25.6 Å². The Kier molecular flexibility index (Phi) is 6.02. The van der Waals surface area contributed by atoms with E-state index in [-0.39, 0.29) is 23.7 Å². The van der Waals surface area contributed by atoms with Crippen LogP contribution in [-0.2, 0) is 20.7 Å². The van der Waals surface area contributed by atoms with Gasteiger partial charge in [0.2, 0.25) is 11.1 Å². The van der Waals surface area contributed by atoms with Crippen LogP contribution in [0.2, 0.25) is 5.22 Å². The van der Waals surface area contributed by atoms with Crippen LogP contribution in [0, 0.1) is 6.92 Å². The van der Waals surface area contributed by atoms with E-state index < -0.39 is 0 Å². The normalized spacial score (nSPS) is 16.4. The summed E-state index contributed by atoms with van der Waals surface area (Å²) >= 11 is 5.89. The number of aryl methyl sites for hydroxylation is 1. The van der Waals surface area contributed by atoms with Gasteiger partial charge in [-0.3, -0.25) is 4.79 Å². The van der Waals surface area contributed by atoms with Gasteiger partial charge in [0.1, 0.15) is 0 Å². The van der Waals surface area contributed by atoms with E-state index in [1.54, 1.807) is 14.0 Å². The monoisotopic (exact) mass is 316 g/mol. The molecule has 6 nitrogen and oxygen atoms in total. The number of likely N-dealkylation sites (tertiary alicyclic amines) is 1. The van der Waals surface area contributed by atoms with Crippen LogP contribution in [0.25, 0.3) is 0 Å². The van der Waals surface area contributed by atoms with Crippen molar-refractivity contribution in [3.63, 3.8) is 0 Å². The number of rotatable bonds is 6. The van der Waals surface area contributed by atoms with Crippen LogP contribution in [0.1, 0.15) is 24.1 Å². The quantitative estimate of drug-likeness (QED) is 0.749. The van der Waals surface area contributed by atoms with Crippen molar-refractivity contribution in [1.29, 1.82) is 0 Å². The molecule has 2 heterocycles. The molecule has 1 fully saturated rings. The lowest BCUT2D eigenvalue weighted by molar-refractivity contribution is -0.133. The topological polar surface area (TPSA) is 64.8 Å². The maximum atomic E-state index is 12.3. The first-order valence-corrected chi connectivity index (χ1v) is 7.48. The van der Waals surface area contributed by atoms with E-state index in [9.17, 15) is 4.79 Å². The summed E-state index contributed by atoms with van der Waals surface area (Å²) in [6.07, 6.45) is 2.16. The predicted molar refractivity (Wildman–Crippen MR) is 77.4 cm³/mol. The summed E-state index contributed by atoms with van der Waals surface area (Å²) in [7, 11) is 1.66. The van der Waals surface area contributed by atoms with E-state index >= 15 is 0 Å². The SMILES string of the molecule is COCCOC1CCN(C(=O)Cc2c(C)noc2Cl)CC1. The Morgan fingerprint density at radius 3 is 2.71 bits per heavy atom. The van der Waals surface area contributed by atoms with Gasteiger partial charge < -0.3 is 18.9 Å². The minimum absolute atomic E-state index is 0.0542. The Labute approximate surface area is 129 Å². The zero-order valence-electron chi connectivity index (χ0n) is 12.4. The molecule has 21 heavy (non-hydrogen) atoms. The first-order valence-electron chi connectivity index (χ1n) is 7.10. The van der Waals surface area contributed by atoms with E-state index in [0.29, 0.717) is 37.6 Å². The highest BCUT2D eigenvalue weighted by molar-refractivity contribution is 6.29. The lowest BCUT2D eigenvalue weighted by atomic mass is 10.1. The number of carbonyl (C=O) groups is 1. The van der Waals surface area contributed by atoms with Crippen LogP contribution in [0.3, 0.4) is 0 Å². The molecule has 0 N–H and O–H groups in total. The molecule has 2 rings (SSSR count). The minimum atomic E-state index is 0.0542. The average Bonchev–Trinajstić information content (AvgIpc) is 2.80. The third kappa shape index (κ3) is 4.43. The maximum absolute atomic E-state index is 12.3. The molecule has 0 unspecified atom stereocenters. The van der Waals surface area contributed by atoms with Crippen molar-refractivity contribution < 1.29 is 18.8 Å². The van der Waals surface area contributed by atoms with E-state index in [1.165, 1.54) is 0 Å². The van der Waals surface area contributed by atoms with E-state index in [1.807, 2.05) is 4.90 Å². The number of hydrogen-bond acceptors (Lipinski definition) is 5. The van der Waals surface area contributed by atoms with Gasteiger partial charge in [-0.05, 0) is 31.4 Å². The van der Waals surface area contributed by atoms with Crippen molar-refractivity contribution >= 4 is 17.5 Å². The second kappa shape index (κ2) is 7.77. The van der Waals surface area contributed by atoms with Gasteiger partial charge in [-0.2, -0.15) is 0 Å². The van der Waals surface area contributed by atoms with Crippen molar-refractivity contribution in [3.8, 4) is 0 Å². The number of nitrogens with zero attached hydrogens (tertiary/aromatic N) is 2. The molecule has 0 aliphatic carbocycles. The summed E-state index contributed by atoms with van der Waals surface area (Å²) in [5.41, 5.74) is 1.35. The highest BCUT2D eigenvalue weighted by Crippen LogP contribution is 2.21. The zero-order chi connectivity index (χ0) is 15.2. The predicted octanol–water partition coefficient (Wildman–Crippen LogP) is 1.83. The largest absolute Gasteiger partial charge is 0.382 e. The third-order valence-electron chi connectivity index (χ3n) is 3.70. The molecular weight excluding hydrogens is 296 g/mol. The number of methoxy groups -OCH3 is 1. The van der Waals surface area contributed by atoms with Crippen LogP contribution < -0.4 is 0 Å². The number of halogens is 1. The first kappa shape index (κ1) is 16.3. The highest BCUT2D eigenvalue weighted by Gasteiger charge is 2.25. The van der Waals surface area contributed by atoms with Gasteiger partial charge in [0, 0.05) is 25.8 Å². The smallest absolute Gasteiger partial charge is 0.229 e. The fourth-order valence-electron chi connectivity index (χ4n) is 2.39. The summed E-state index contributed by atoms with van der Waals surface area (Å²) in [6.45, 7) is 4.40. The molecule has 0 spiro atoms. The Bertz CT molecular complexity index is 450. The maximum Gasteiger partial charge on any atom is 0.229 e. The van der Waals surface area contributed by atoms with Crippen molar-refractivity contribution in [1.82, 2.24) is 10.1 Å². The van der Waals surface area contributed by atoms with Crippen LogP contribution in [-0.4, -0.2) is 55.5 Å². The molecule has 0 atom stereocenters. The Morgan fingerprint density at radius 1 is 1.43 bits per heavy atom. The Hall–Kier alpha value is -1.11. The van der Waals surface area contributed by atoms with Crippen LogP contribution >= 0.6 is 11.6 Å². The summed E-state index contributed by atoms with van der Waals surface area (Å²) in [4.78, 5) is 14.1. The van der Waals surface area contributed by atoms with Gasteiger partial charge in [0.15, 0.2) is 0 Å². The molecule has 1 aromatic heterocycles. The van der Waals surface area contributed by atoms with Crippen LogP contribution in [0.5, 0.6) is 0 Å². The van der Waals surface area contributed by atoms with Crippen LogP contribution in [0.4, 0.5) is 0 Å². The summed E-state index contributed by atoms with van der Waals surface area (Å²) in [5.74, 6) is 0.0542. The number of piperidine rings is 1. The Morgan fingerprint density at radius 2 is 2.14 bits per heavy atom. The van der Waals surface area contributed by atoms with Crippen molar-refractivity contribution in [3.05, 3.63) is 16.5 Å². The molecule has 1 aliphatic rings. The highest BCUT2D eigenvalue weighted by atomic mass is 35.5.